The molecule has 0 radical (unpaired) electrons. The average Bonchev–Trinajstić information content (AvgIpc) is 2.71. The number of amides is 2. The molecule has 0 unspecified atom stereocenters. The monoisotopic (exact) mass is 292 g/mol. The van der Waals surface area contributed by atoms with Crippen molar-refractivity contribution in [2.75, 3.05) is 26.2 Å². The first-order chi connectivity index (χ1) is 9.99. The Bertz CT molecular complexity index is 531. The average molecular weight is 292 g/mol. The largest absolute Gasteiger partial charge is 0.341 e. The Balaban J connectivity index is 2.03. The molecule has 0 aromatic heterocycles. The predicted molar refractivity (Wildman–Crippen MR) is 78.3 cm³/mol. The van der Waals surface area contributed by atoms with Crippen LogP contribution in [0.3, 0.4) is 0 Å². The fourth-order valence-corrected chi connectivity index (χ4v) is 2.51. The standard InChI is InChI=1S/C16H21FN2O2/c1-12(2)15(20)18-7-4-8-19(10-9-18)16(21)13-5-3-6-14(17)11-13/h3,5-6,11-12H,4,7-10H2,1-2H3. The summed E-state index contributed by atoms with van der Waals surface area (Å²) in [5.74, 6) is -0.494. The highest BCUT2D eigenvalue weighted by Gasteiger charge is 2.24. The summed E-state index contributed by atoms with van der Waals surface area (Å²) in [5.41, 5.74) is 0.360. The second kappa shape index (κ2) is 6.70. The quantitative estimate of drug-likeness (QED) is 0.838. The van der Waals surface area contributed by atoms with E-state index in [0.29, 0.717) is 31.7 Å². The molecule has 1 aromatic carbocycles. The van der Waals surface area contributed by atoms with E-state index in [2.05, 4.69) is 0 Å². The van der Waals surface area contributed by atoms with Gasteiger partial charge in [0.05, 0.1) is 0 Å². The zero-order valence-corrected chi connectivity index (χ0v) is 12.5. The molecule has 0 spiro atoms. The lowest BCUT2D eigenvalue weighted by Crippen LogP contribution is -2.39. The van der Waals surface area contributed by atoms with Gasteiger partial charge in [-0.3, -0.25) is 9.59 Å². The van der Waals surface area contributed by atoms with Crippen molar-refractivity contribution in [2.45, 2.75) is 20.3 Å². The van der Waals surface area contributed by atoms with Crippen molar-refractivity contribution >= 4 is 11.8 Å². The SMILES string of the molecule is CC(C)C(=O)N1CCCN(C(=O)c2cccc(F)c2)CC1. The molecule has 4 nitrogen and oxygen atoms in total. The molecule has 1 aliphatic heterocycles. The van der Waals surface area contributed by atoms with Crippen LogP contribution in [-0.4, -0.2) is 47.8 Å². The number of nitrogens with zero attached hydrogens (tertiary/aromatic N) is 2. The Kier molecular flexibility index (Phi) is 4.94. The summed E-state index contributed by atoms with van der Waals surface area (Å²) in [6, 6.07) is 5.73. The molecule has 0 N–H and O–H groups in total. The molecule has 1 saturated heterocycles. The molecule has 21 heavy (non-hydrogen) atoms. The van der Waals surface area contributed by atoms with Crippen LogP contribution in [-0.2, 0) is 4.79 Å². The molecule has 0 saturated carbocycles. The molecule has 0 atom stereocenters. The second-order valence-electron chi connectivity index (χ2n) is 5.64. The summed E-state index contributed by atoms with van der Waals surface area (Å²) < 4.78 is 13.2. The van der Waals surface area contributed by atoms with Crippen LogP contribution in [0.15, 0.2) is 24.3 Å². The van der Waals surface area contributed by atoms with Crippen molar-refractivity contribution in [3.8, 4) is 0 Å². The highest BCUT2D eigenvalue weighted by atomic mass is 19.1. The van der Waals surface area contributed by atoms with Crippen LogP contribution in [0.5, 0.6) is 0 Å². The van der Waals surface area contributed by atoms with E-state index in [1.165, 1.54) is 18.2 Å². The fraction of sp³-hybridized carbons (Fsp3) is 0.500. The van der Waals surface area contributed by atoms with Crippen molar-refractivity contribution in [3.63, 3.8) is 0 Å². The van der Waals surface area contributed by atoms with Gasteiger partial charge in [0, 0.05) is 37.7 Å². The molecule has 1 aliphatic rings. The number of rotatable bonds is 2. The van der Waals surface area contributed by atoms with Crippen molar-refractivity contribution < 1.29 is 14.0 Å². The van der Waals surface area contributed by atoms with Crippen LogP contribution in [0, 0.1) is 11.7 Å². The van der Waals surface area contributed by atoms with Crippen LogP contribution in [0.25, 0.3) is 0 Å². The first-order valence-electron chi connectivity index (χ1n) is 7.32. The molecule has 2 amide bonds. The minimum absolute atomic E-state index is 0.0320. The maximum atomic E-state index is 13.2. The third-order valence-corrected chi connectivity index (χ3v) is 3.66. The normalized spacial score (nSPS) is 16.0. The fourth-order valence-electron chi connectivity index (χ4n) is 2.51. The number of carbonyl (C=O) groups is 2. The van der Waals surface area contributed by atoms with Gasteiger partial charge in [-0.1, -0.05) is 19.9 Å². The van der Waals surface area contributed by atoms with E-state index in [0.717, 1.165) is 6.42 Å². The number of halogens is 1. The van der Waals surface area contributed by atoms with E-state index in [1.807, 2.05) is 18.7 Å². The summed E-state index contributed by atoms with van der Waals surface area (Å²) in [4.78, 5) is 27.9. The van der Waals surface area contributed by atoms with Crippen LogP contribution in [0.1, 0.15) is 30.6 Å². The van der Waals surface area contributed by atoms with Crippen molar-refractivity contribution in [3.05, 3.63) is 35.6 Å². The van der Waals surface area contributed by atoms with Gasteiger partial charge in [0.15, 0.2) is 0 Å². The van der Waals surface area contributed by atoms with Gasteiger partial charge in [0.1, 0.15) is 5.82 Å². The van der Waals surface area contributed by atoms with Crippen LogP contribution < -0.4 is 0 Å². The van der Waals surface area contributed by atoms with E-state index in [-0.39, 0.29) is 17.7 Å². The summed E-state index contributed by atoms with van der Waals surface area (Å²) in [6.45, 7) is 6.05. The Morgan fingerprint density at radius 3 is 2.43 bits per heavy atom. The maximum Gasteiger partial charge on any atom is 0.254 e. The lowest BCUT2D eigenvalue weighted by molar-refractivity contribution is -0.134. The van der Waals surface area contributed by atoms with E-state index in [9.17, 15) is 14.0 Å². The molecule has 5 heteroatoms. The third kappa shape index (κ3) is 3.80. The Morgan fingerprint density at radius 1 is 1.10 bits per heavy atom. The molecule has 0 bridgehead atoms. The Morgan fingerprint density at radius 2 is 1.76 bits per heavy atom. The molecule has 1 aromatic rings. The van der Waals surface area contributed by atoms with E-state index < -0.39 is 5.82 Å². The Hall–Kier alpha value is -1.91. The van der Waals surface area contributed by atoms with E-state index in [1.54, 1.807) is 11.0 Å². The number of hydrogen-bond donors (Lipinski definition) is 0. The van der Waals surface area contributed by atoms with Crippen molar-refractivity contribution in [1.29, 1.82) is 0 Å². The zero-order chi connectivity index (χ0) is 15.4. The summed E-state index contributed by atoms with van der Waals surface area (Å²) in [6.07, 6.45) is 0.750. The highest BCUT2D eigenvalue weighted by Crippen LogP contribution is 2.12. The van der Waals surface area contributed by atoms with Gasteiger partial charge >= 0.3 is 0 Å². The van der Waals surface area contributed by atoms with Gasteiger partial charge in [-0.05, 0) is 24.6 Å². The smallest absolute Gasteiger partial charge is 0.254 e. The van der Waals surface area contributed by atoms with Gasteiger partial charge in [-0.25, -0.2) is 4.39 Å². The number of benzene rings is 1. The lowest BCUT2D eigenvalue weighted by Gasteiger charge is -2.23. The molecule has 1 fully saturated rings. The molecule has 114 valence electrons. The zero-order valence-electron chi connectivity index (χ0n) is 12.5. The van der Waals surface area contributed by atoms with Gasteiger partial charge in [0.2, 0.25) is 5.91 Å². The molecule has 0 aliphatic carbocycles. The second-order valence-corrected chi connectivity index (χ2v) is 5.64. The minimum atomic E-state index is -0.410. The summed E-state index contributed by atoms with van der Waals surface area (Å²) in [7, 11) is 0. The first-order valence-corrected chi connectivity index (χ1v) is 7.32. The molecule has 1 heterocycles. The first kappa shape index (κ1) is 15.5. The van der Waals surface area contributed by atoms with Crippen molar-refractivity contribution in [2.24, 2.45) is 5.92 Å². The van der Waals surface area contributed by atoms with E-state index in [4.69, 9.17) is 0 Å². The van der Waals surface area contributed by atoms with Crippen LogP contribution in [0.4, 0.5) is 4.39 Å². The number of hydrogen-bond acceptors (Lipinski definition) is 2. The minimum Gasteiger partial charge on any atom is -0.341 e. The molecule has 2 rings (SSSR count). The molecular formula is C16H21FN2O2. The van der Waals surface area contributed by atoms with Gasteiger partial charge in [-0.2, -0.15) is 0 Å². The van der Waals surface area contributed by atoms with Gasteiger partial charge < -0.3 is 9.80 Å². The van der Waals surface area contributed by atoms with Gasteiger partial charge in [-0.15, -0.1) is 0 Å². The number of carbonyl (C=O) groups excluding carboxylic acids is 2. The van der Waals surface area contributed by atoms with E-state index >= 15 is 0 Å². The highest BCUT2D eigenvalue weighted by molar-refractivity contribution is 5.94. The van der Waals surface area contributed by atoms with Crippen LogP contribution >= 0.6 is 0 Å². The molecular weight excluding hydrogens is 271 g/mol. The topological polar surface area (TPSA) is 40.6 Å². The van der Waals surface area contributed by atoms with Gasteiger partial charge in [0.25, 0.3) is 5.91 Å². The summed E-state index contributed by atoms with van der Waals surface area (Å²) in [5, 5.41) is 0. The maximum absolute atomic E-state index is 13.2. The summed E-state index contributed by atoms with van der Waals surface area (Å²) >= 11 is 0. The van der Waals surface area contributed by atoms with Crippen molar-refractivity contribution in [1.82, 2.24) is 9.80 Å². The van der Waals surface area contributed by atoms with Crippen LogP contribution in [0.2, 0.25) is 0 Å². The Labute approximate surface area is 124 Å². The predicted octanol–water partition coefficient (Wildman–Crippen LogP) is 2.16. The third-order valence-electron chi connectivity index (χ3n) is 3.66. The lowest BCUT2D eigenvalue weighted by atomic mass is 10.2.